The predicted octanol–water partition coefficient (Wildman–Crippen LogP) is 3.61. The highest BCUT2D eigenvalue weighted by atomic mass is 35.5. The van der Waals surface area contributed by atoms with Crippen LogP contribution in [0.25, 0.3) is 11.0 Å². The molecule has 0 unspecified atom stereocenters. The molecule has 2 N–H and O–H groups in total. The minimum Gasteiger partial charge on any atom is -0.336 e. The minimum atomic E-state index is -4.49. The molecule has 2 aliphatic heterocycles. The summed E-state index contributed by atoms with van der Waals surface area (Å²) in [5.74, 6) is -0.263. The number of nitrogens with one attached hydrogen (secondary N) is 2. The summed E-state index contributed by atoms with van der Waals surface area (Å²) in [5, 5.41) is 5.61. The second-order valence-corrected chi connectivity index (χ2v) is 7.97. The van der Waals surface area contributed by atoms with Crippen LogP contribution in [0.4, 0.5) is 35.0 Å². The smallest absolute Gasteiger partial charge is 0.336 e. The Bertz CT molecular complexity index is 1160. The molecule has 2 saturated heterocycles. The van der Waals surface area contributed by atoms with Gasteiger partial charge in [-0.1, -0.05) is 17.7 Å². The van der Waals surface area contributed by atoms with Gasteiger partial charge in [-0.3, -0.25) is 0 Å². The molecule has 12 heteroatoms. The zero-order chi connectivity index (χ0) is 21.8. The highest BCUT2D eigenvalue weighted by Gasteiger charge is 2.39. The third kappa shape index (κ3) is 3.83. The van der Waals surface area contributed by atoms with Crippen molar-refractivity contribution in [1.82, 2.24) is 25.3 Å². The molecule has 3 aromatic rings. The van der Waals surface area contributed by atoms with Crippen LogP contribution in [0.15, 0.2) is 24.7 Å². The normalized spacial score (nSPS) is 20.6. The third-order valence-electron chi connectivity index (χ3n) is 5.48. The van der Waals surface area contributed by atoms with Crippen molar-refractivity contribution in [2.24, 2.45) is 0 Å². The van der Waals surface area contributed by atoms with Crippen molar-refractivity contribution < 1.29 is 17.6 Å². The molecule has 2 atom stereocenters. The first kappa shape index (κ1) is 20.1. The Hall–Kier alpha value is -2.79. The lowest BCUT2D eigenvalue weighted by molar-refractivity contribution is -0.127. The lowest BCUT2D eigenvalue weighted by Crippen LogP contribution is -2.44. The molecule has 162 valence electrons. The summed E-state index contributed by atoms with van der Waals surface area (Å²) in [6, 6.07) is 3.05. The fourth-order valence-electron chi connectivity index (χ4n) is 4.05. The van der Waals surface area contributed by atoms with Gasteiger partial charge in [-0.25, -0.2) is 24.3 Å². The van der Waals surface area contributed by atoms with Crippen LogP contribution in [0.2, 0.25) is 5.02 Å². The Labute approximate surface area is 178 Å². The lowest BCUT2D eigenvalue weighted by Gasteiger charge is -2.27. The number of nitrogens with zero attached hydrogens (tertiary/aromatic N) is 5. The second-order valence-electron chi connectivity index (χ2n) is 7.59. The molecule has 2 aromatic heterocycles. The highest BCUT2D eigenvalue weighted by Crippen LogP contribution is 2.34. The molecule has 4 heterocycles. The zero-order valence-electron chi connectivity index (χ0n) is 15.9. The van der Waals surface area contributed by atoms with E-state index < -0.39 is 23.4 Å². The SMILES string of the molecule is Fc1c(Nc2ncnc3cnc(N4C[C@@H]5C[C@H]4CN5)nc23)ccc(CC(F)(F)F)c1Cl. The summed E-state index contributed by atoms with van der Waals surface area (Å²) in [6.45, 7) is 1.65. The first-order valence-electron chi connectivity index (χ1n) is 9.57. The summed E-state index contributed by atoms with van der Waals surface area (Å²) in [7, 11) is 0. The van der Waals surface area contributed by atoms with Gasteiger partial charge in [-0.2, -0.15) is 13.2 Å². The monoisotopic (exact) mass is 453 g/mol. The maximum absolute atomic E-state index is 14.7. The van der Waals surface area contributed by atoms with E-state index in [1.807, 2.05) is 0 Å². The molecular weight excluding hydrogens is 438 g/mol. The maximum atomic E-state index is 14.7. The van der Waals surface area contributed by atoms with E-state index in [0.29, 0.717) is 29.1 Å². The van der Waals surface area contributed by atoms with E-state index in [1.165, 1.54) is 12.4 Å². The van der Waals surface area contributed by atoms with Crippen molar-refractivity contribution in [2.45, 2.75) is 31.1 Å². The number of fused-ring (bicyclic) bond motifs is 3. The Morgan fingerprint density at radius 2 is 2.06 bits per heavy atom. The summed E-state index contributed by atoms with van der Waals surface area (Å²) in [5.41, 5.74) is 0.370. The fraction of sp³-hybridized carbons (Fsp3) is 0.368. The number of halogens is 5. The number of alkyl halides is 3. The van der Waals surface area contributed by atoms with Gasteiger partial charge in [0.2, 0.25) is 5.95 Å². The van der Waals surface area contributed by atoms with E-state index in [-0.39, 0.29) is 17.1 Å². The van der Waals surface area contributed by atoms with E-state index in [4.69, 9.17) is 11.6 Å². The topological polar surface area (TPSA) is 78.9 Å². The molecular formula is C19H16ClF4N7. The van der Waals surface area contributed by atoms with E-state index >= 15 is 0 Å². The van der Waals surface area contributed by atoms with Crippen molar-refractivity contribution in [1.29, 1.82) is 0 Å². The van der Waals surface area contributed by atoms with Gasteiger partial charge in [0, 0.05) is 25.2 Å². The van der Waals surface area contributed by atoms with Crippen molar-refractivity contribution in [2.75, 3.05) is 23.3 Å². The molecule has 5 rings (SSSR count). The molecule has 2 aliphatic rings. The molecule has 0 aliphatic carbocycles. The third-order valence-corrected chi connectivity index (χ3v) is 5.89. The van der Waals surface area contributed by atoms with Crippen molar-refractivity contribution >= 4 is 40.1 Å². The van der Waals surface area contributed by atoms with Crippen LogP contribution < -0.4 is 15.5 Å². The Kier molecular flexibility index (Phi) is 4.82. The van der Waals surface area contributed by atoms with Crippen molar-refractivity contribution in [3.8, 4) is 0 Å². The summed E-state index contributed by atoms with van der Waals surface area (Å²) < 4.78 is 52.7. The average molecular weight is 454 g/mol. The average Bonchev–Trinajstić information content (AvgIpc) is 3.36. The summed E-state index contributed by atoms with van der Waals surface area (Å²) in [4.78, 5) is 19.4. The highest BCUT2D eigenvalue weighted by molar-refractivity contribution is 6.31. The van der Waals surface area contributed by atoms with Crippen LogP contribution in [-0.4, -0.2) is 51.3 Å². The number of piperazine rings is 1. The summed E-state index contributed by atoms with van der Waals surface area (Å²) >= 11 is 5.85. The number of benzene rings is 1. The van der Waals surface area contributed by atoms with Gasteiger partial charge in [-0.05, 0) is 18.1 Å². The molecule has 2 fully saturated rings. The Balaban J connectivity index is 1.48. The van der Waals surface area contributed by atoms with Crippen molar-refractivity contribution in [3.63, 3.8) is 0 Å². The molecule has 7 nitrogen and oxygen atoms in total. The predicted molar refractivity (Wildman–Crippen MR) is 107 cm³/mol. The Morgan fingerprint density at radius 3 is 2.77 bits per heavy atom. The van der Waals surface area contributed by atoms with Crippen LogP contribution in [0.3, 0.4) is 0 Å². The summed E-state index contributed by atoms with van der Waals surface area (Å²) in [6.07, 6.45) is -1.95. The molecule has 0 amide bonds. The number of anilines is 3. The number of hydrogen-bond donors (Lipinski definition) is 2. The Morgan fingerprint density at radius 1 is 1.23 bits per heavy atom. The van der Waals surface area contributed by atoms with Gasteiger partial charge in [0.05, 0.1) is 23.3 Å². The maximum Gasteiger partial charge on any atom is 0.393 e. The van der Waals surface area contributed by atoms with Crippen molar-refractivity contribution in [3.05, 3.63) is 41.1 Å². The van der Waals surface area contributed by atoms with Gasteiger partial charge in [0.15, 0.2) is 11.6 Å². The minimum absolute atomic E-state index is 0.111. The van der Waals surface area contributed by atoms with E-state index in [9.17, 15) is 17.6 Å². The lowest BCUT2D eigenvalue weighted by atomic mass is 10.1. The van der Waals surface area contributed by atoms with E-state index in [0.717, 1.165) is 25.6 Å². The van der Waals surface area contributed by atoms with Gasteiger partial charge >= 0.3 is 6.18 Å². The first-order valence-corrected chi connectivity index (χ1v) is 9.95. The van der Waals surface area contributed by atoms with Crippen LogP contribution in [-0.2, 0) is 6.42 Å². The van der Waals surface area contributed by atoms with Gasteiger partial charge in [0.25, 0.3) is 0 Å². The van der Waals surface area contributed by atoms with Crippen LogP contribution >= 0.6 is 11.6 Å². The molecule has 0 radical (unpaired) electrons. The quantitative estimate of drug-likeness (QED) is 0.584. The molecule has 0 spiro atoms. The van der Waals surface area contributed by atoms with Gasteiger partial charge < -0.3 is 15.5 Å². The van der Waals surface area contributed by atoms with Gasteiger partial charge in [0.1, 0.15) is 17.4 Å². The number of rotatable bonds is 4. The van der Waals surface area contributed by atoms with Crippen LogP contribution in [0.5, 0.6) is 0 Å². The van der Waals surface area contributed by atoms with E-state index in [2.05, 4.69) is 35.5 Å². The largest absolute Gasteiger partial charge is 0.393 e. The van der Waals surface area contributed by atoms with Crippen LogP contribution in [0.1, 0.15) is 12.0 Å². The molecule has 0 saturated carbocycles. The first-order chi connectivity index (χ1) is 14.8. The molecule has 1 aromatic carbocycles. The van der Waals surface area contributed by atoms with Crippen LogP contribution in [0, 0.1) is 5.82 Å². The molecule has 31 heavy (non-hydrogen) atoms. The van der Waals surface area contributed by atoms with E-state index in [1.54, 1.807) is 6.20 Å². The number of hydrogen-bond acceptors (Lipinski definition) is 7. The van der Waals surface area contributed by atoms with Gasteiger partial charge in [-0.15, -0.1) is 0 Å². The second kappa shape index (κ2) is 7.41. The standard InChI is InChI=1S/C19H16ClF4N7/c20-14-9(4-19(22,23)24)1-2-12(15(14)21)29-17-16-13(27-8-28-17)6-26-18(30-16)31-7-10-3-11(31)5-25-10/h1-2,6,8,10-11,25H,3-5,7H2,(H,27,28,29)/t10-,11-/m0/s1. The molecule has 2 bridgehead atoms. The fourth-order valence-corrected chi connectivity index (χ4v) is 4.28. The number of aromatic nitrogens is 4. The zero-order valence-corrected chi connectivity index (χ0v) is 16.7.